The molecule has 2 rings (SSSR count). The van der Waals surface area contributed by atoms with E-state index in [-0.39, 0.29) is 30.5 Å². The summed E-state index contributed by atoms with van der Waals surface area (Å²) in [5.74, 6) is 0.0866. The fourth-order valence-electron chi connectivity index (χ4n) is 2.97. The van der Waals surface area contributed by atoms with Gasteiger partial charge in [-0.05, 0) is 12.8 Å². The van der Waals surface area contributed by atoms with E-state index in [1.807, 2.05) is 20.8 Å². The number of carbonyl (C=O) groups excluding carboxylic acids is 2. The van der Waals surface area contributed by atoms with Crippen LogP contribution in [0.15, 0.2) is 0 Å². The van der Waals surface area contributed by atoms with Crippen molar-refractivity contribution in [3.8, 4) is 0 Å². The third-order valence-electron chi connectivity index (χ3n) is 4.42. The van der Waals surface area contributed by atoms with Gasteiger partial charge in [-0.1, -0.05) is 13.8 Å². The van der Waals surface area contributed by atoms with Crippen LogP contribution in [0.5, 0.6) is 0 Å². The molecule has 23 heavy (non-hydrogen) atoms. The molecule has 3 amide bonds. The van der Waals surface area contributed by atoms with Crippen LogP contribution in [0.1, 0.15) is 27.2 Å². The molecule has 0 aromatic heterocycles. The van der Waals surface area contributed by atoms with E-state index in [0.29, 0.717) is 39.3 Å². The van der Waals surface area contributed by atoms with Crippen molar-refractivity contribution in [3.63, 3.8) is 0 Å². The molecule has 0 radical (unpaired) electrons. The Morgan fingerprint density at radius 3 is 2.61 bits per heavy atom. The maximum Gasteiger partial charge on any atom is 0.326 e. The maximum atomic E-state index is 12.7. The highest BCUT2D eigenvalue weighted by Gasteiger charge is 2.39. The molecule has 0 aromatic carbocycles. The Balaban J connectivity index is 2.03. The Morgan fingerprint density at radius 2 is 2.04 bits per heavy atom. The normalized spacial score (nSPS) is 27.7. The van der Waals surface area contributed by atoms with Gasteiger partial charge in [-0.2, -0.15) is 0 Å². The van der Waals surface area contributed by atoms with E-state index in [2.05, 4.69) is 0 Å². The number of hydrogen-bond donors (Lipinski definition) is 0. The highest BCUT2D eigenvalue weighted by atomic mass is 16.6. The van der Waals surface area contributed by atoms with Gasteiger partial charge < -0.3 is 19.1 Å². The summed E-state index contributed by atoms with van der Waals surface area (Å²) in [4.78, 5) is 27.9. The lowest BCUT2D eigenvalue weighted by Gasteiger charge is -2.42. The summed E-state index contributed by atoms with van der Waals surface area (Å²) in [6, 6.07) is -0.264. The quantitative estimate of drug-likeness (QED) is 0.731. The second kappa shape index (κ2) is 7.59. The van der Waals surface area contributed by atoms with E-state index in [1.165, 1.54) is 4.90 Å². The summed E-state index contributed by atoms with van der Waals surface area (Å²) < 4.78 is 16.6. The predicted octanol–water partition coefficient (Wildman–Crippen LogP) is 1.12. The summed E-state index contributed by atoms with van der Waals surface area (Å²) in [5, 5.41) is 0. The topological polar surface area (TPSA) is 68.3 Å². The molecule has 0 bridgehead atoms. The summed E-state index contributed by atoms with van der Waals surface area (Å²) >= 11 is 0. The molecule has 0 saturated carbocycles. The van der Waals surface area contributed by atoms with Crippen molar-refractivity contribution in [2.45, 2.75) is 38.9 Å². The molecule has 2 atom stereocenters. The van der Waals surface area contributed by atoms with E-state index < -0.39 is 5.60 Å². The van der Waals surface area contributed by atoms with Crippen molar-refractivity contribution in [2.75, 3.05) is 46.6 Å². The van der Waals surface area contributed by atoms with Gasteiger partial charge in [0.05, 0.1) is 39.0 Å². The smallest absolute Gasteiger partial charge is 0.326 e. The summed E-state index contributed by atoms with van der Waals surface area (Å²) in [6.07, 6.45) is 0.171. The molecular formula is C16H28N2O5. The molecule has 2 heterocycles. The van der Waals surface area contributed by atoms with Crippen LogP contribution in [0.4, 0.5) is 4.79 Å². The van der Waals surface area contributed by atoms with Crippen molar-refractivity contribution in [1.82, 2.24) is 9.80 Å². The van der Waals surface area contributed by atoms with Crippen LogP contribution in [-0.4, -0.2) is 80.0 Å². The number of ether oxygens (including phenoxy) is 3. The van der Waals surface area contributed by atoms with Crippen molar-refractivity contribution < 1.29 is 23.8 Å². The number of rotatable bonds is 6. The Bertz CT molecular complexity index is 434. The Labute approximate surface area is 137 Å². The van der Waals surface area contributed by atoms with Crippen LogP contribution >= 0.6 is 0 Å². The van der Waals surface area contributed by atoms with Crippen molar-refractivity contribution in [3.05, 3.63) is 0 Å². The molecule has 7 nitrogen and oxygen atoms in total. The fourth-order valence-corrected chi connectivity index (χ4v) is 2.97. The van der Waals surface area contributed by atoms with Gasteiger partial charge >= 0.3 is 6.03 Å². The molecule has 0 N–H and O–H groups in total. The van der Waals surface area contributed by atoms with Crippen LogP contribution in [-0.2, 0) is 19.0 Å². The molecule has 2 fully saturated rings. The zero-order valence-electron chi connectivity index (χ0n) is 14.5. The zero-order valence-corrected chi connectivity index (χ0v) is 14.5. The zero-order chi connectivity index (χ0) is 17.0. The SMILES string of the molecule is COC(CN1C(=O)CCN(CC2(C)COCCO2)C1=O)C(C)C. The molecule has 2 unspecified atom stereocenters. The highest BCUT2D eigenvalue weighted by molar-refractivity contribution is 5.96. The van der Waals surface area contributed by atoms with Gasteiger partial charge in [0.25, 0.3) is 0 Å². The number of imide groups is 1. The van der Waals surface area contributed by atoms with Gasteiger partial charge in [-0.3, -0.25) is 9.69 Å². The number of carbonyl (C=O) groups is 2. The van der Waals surface area contributed by atoms with Crippen LogP contribution in [0, 0.1) is 5.92 Å². The van der Waals surface area contributed by atoms with Crippen LogP contribution in [0.2, 0.25) is 0 Å². The lowest BCUT2D eigenvalue weighted by atomic mass is 10.0. The first-order valence-corrected chi connectivity index (χ1v) is 8.20. The average molecular weight is 328 g/mol. The molecule has 2 saturated heterocycles. The highest BCUT2D eigenvalue weighted by Crippen LogP contribution is 2.21. The first kappa shape index (κ1) is 18.2. The van der Waals surface area contributed by atoms with E-state index in [0.717, 1.165) is 0 Å². The third-order valence-corrected chi connectivity index (χ3v) is 4.42. The number of urea groups is 1. The van der Waals surface area contributed by atoms with E-state index in [1.54, 1.807) is 12.0 Å². The minimum Gasteiger partial charge on any atom is -0.379 e. The third kappa shape index (κ3) is 4.43. The molecule has 7 heteroatoms. The molecule has 0 spiro atoms. The van der Waals surface area contributed by atoms with E-state index >= 15 is 0 Å². The van der Waals surface area contributed by atoms with Crippen molar-refractivity contribution in [1.29, 1.82) is 0 Å². The standard InChI is InChI=1S/C16H28N2O5/c1-12(2)13(21-4)9-18-14(19)5-6-17(15(18)20)10-16(3)11-22-7-8-23-16/h12-13H,5-11H2,1-4H3. The summed E-state index contributed by atoms with van der Waals surface area (Å²) in [7, 11) is 1.61. The molecule has 0 aromatic rings. The lowest BCUT2D eigenvalue weighted by Crippen LogP contribution is -2.59. The molecule has 2 aliphatic heterocycles. The van der Waals surface area contributed by atoms with Gasteiger partial charge in [-0.15, -0.1) is 0 Å². The summed E-state index contributed by atoms with van der Waals surface area (Å²) in [6.45, 7) is 8.66. The molecule has 0 aliphatic carbocycles. The number of methoxy groups -OCH3 is 1. The first-order valence-electron chi connectivity index (χ1n) is 8.20. The van der Waals surface area contributed by atoms with Gasteiger partial charge in [-0.25, -0.2) is 4.79 Å². The van der Waals surface area contributed by atoms with Crippen molar-refractivity contribution >= 4 is 11.9 Å². The molecule has 132 valence electrons. The van der Waals surface area contributed by atoms with Crippen molar-refractivity contribution in [2.24, 2.45) is 5.92 Å². The second-order valence-corrected chi connectivity index (χ2v) is 6.83. The predicted molar refractivity (Wildman–Crippen MR) is 84.1 cm³/mol. The Hall–Kier alpha value is -1.18. The number of amides is 3. The van der Waals surface area contributed by atoms with Crippen LogP contribution < -0.4 is 0 Å². The fraction of sp³-hybridized carbons (Fsp3) is 0.875. The number of nitrogens with zero attached hydrogens (tertiary/aromatic N) is 2. The van der Waals surface area contributed by atoms with Crippen LogP contribution in [0.25, 0.3) is 0 Å². The first-order chi connectivity index (χ1) is 10.9. The Kier molecular flexibility index (Phi) is 6.00. The molecule has 2 aliphatic rings. The monoisotopic (exact) mass is 328 g/mol. The van der Waals surface area contributed by atoms with Gasteiger partial charge in [0.1, 0.15) is 5.60 Å². The summed E-state index contributed by atoms with van der Waals surface area (Å²) in [5.41, 5.74) is -0.515. The van der Waals surface area contributed by atoms with E-state index in [9.17, 15) is 9.59 Å². The van der Waals surface area contributed by atoms with E-state index in [4.69, 9.17) is 14.2 Å². The second-order valence-electron chi connectivity index (χ2n) is 6.83. The number of hydrogen-bond acceptors (Lipinski definition) is 5. The van der Waals surface area contributed by atoms with Crippen LogP contribution in [0.3, 0.4) is 0 Å². The van der Waals surface area contributed by atoms with Gasteiger partial charge in [0.2, 0.25) is 5.91 Å². The van der Waals surface area contributed by atoms with Gasteiger partial charge in [0.15, 0.2) is 0 Å². The maximum absolute atomic E-state index is 12.7. The largest absolute Gasteiger partial charge is 0.379 e. The average Bonchev–Trinajstić information content (AvgIpc) is 2.50. The van der Waals surface area contributed by atoms with Gasteiger partial charge in [0, 0.05) is 20.1 Å². The molecular weight excluding hydrogens is 300 g/mol. The Morgan fingerprint density at radius 1 is 1.30 bits per heavy atom. The minimum absolute atomic E-state index is 0.139. The lowest BCUT2D eigenvalue weighted by molar-refractivity contribution is -0.157. The minimum atomic E-state index is -0.515.